The number of carbonyl (C=O) groups excluding carboxylic acids is 1. The lowest BCUT2D eigenvalue weighted by Gasteiger charge is -2.12. The van der Waals surface area contributed by atoms with Gasteiger partial charge in [-0.1, -0.05) is 0 Å². The number of allylic oxidation sites excluding steroid dienone is 3. The van der Waals surface area contributed by atoms with Gasteiger partial charge in [0.1, 0.15) is 0 Å². The van der Waals surface area contributed by atoms with Gasteiger partial charge in [-0.15, -0.1) is 0 Å². The van der Waals surface area contributed by atoms with Gasteiger partial charge in [0.2, 0.25) is 0 Å². The highest BCUT2D eigenvalue weighted by Crippen LogP contribution is 2.25. The van der Waals surface area contributed by atoms with Crippen LogP contribution in [0.25, 0.3) is 0 Å². The van der Waals surface area contributed by atoms with E-state index in [0.717, 1.165) is 18.5 Å². The first-order valence-corrected chi connectivity index (χ1v) is 6.61. The molecule has 18 heavy (non-hydrogen) atoms. The van der Waals surface area contributed by atoms with Crippen molar-refractivity contribution in [1.29, 1.82) is 0 Å². The zero-order valence-corrected chi connectivity index (χ0v) is 11.8. The lowest BCUT2D eigenvalue weighted by atomic mass is 10.2. The Morgan fingerprint density at radius 3 is 2.78 bits per heavy atom. The van der Waals surface area contributed by atoms with Crippen LogP contribution in [-0.2, 0) is 9.53 Å². The molecule has 0 bridgehead atoms. The van der Waals surface area contributed by atoms with Gasteiger partial charge in [0.25, 0.3) is 11.1 Å². The summed E-state index contributed by atoms with van der Waals surface area (Å²) in [5.41, 5.74) is 2.10. The van der Waals surface area contributed by atoms with E-state index in [0.29, 0.717) is 12.3 Å². The number of hydrogen-bond donors (Lipinski definition) is 0. The van der Waals surface area contributed by atoms with Gasteiger partial charge in [0.05, 0.1) is 0 Å². The van der Waals surface area contributed by atoms with Crippen molar-refractivity contribution in [3.05, 3.63) is 23.1 Å². The highest BCUT2D eigenvalue weighted by atomic mass is 32.1. The maximum Gasteiger partial charge on any atom is 0.297 e. The van der Waals surface area contributed by atoms with Crippen LogP contribution in [0.15, 0.2) is 23.1 Å². The molecule has 0 saturated carbocycles. The number of likely N-dealkylation sites (tertiary alicyclic amines) is 1. The largest absolute Gasteiger partial charge is 0.425 e. The molecule has 2 heterocycles. The van der Waals surface area contributed by atoms with Gasteiger partial charge in [-0.3, -0.25) is 9.69 Å². The van der Waals surface area contributed by atoms with Crippen LogP contribution in [0, 0.1) is 0 Å². The van der Waals surface area contributed by atoms with Crippen LogP contribution >= 0.6 is 12.2 Å². The van der Waals surface area contributed by atoms with E-state index in [-0.39, 0.29) is 11.1 Å². The van der Waals surface area contributed by atoms with Crippen LogP contribution in [0.5, 0.6) is 0 Å². The number of hydrogen-bond acceptors (Lipinski definition) is 4. The molecule has 0 aromatic carbocycles. The Hall–Kier alpha value is -1.36. The normalized spacial score (nSPS) is 25.2. The molecule has 98 valence electrons. The van der Waals surface area contributed by atoms with Gasteiger partial charge in [-0.05, 0) is 50.6 Å². The highest BCUT2D eigenvalue weighted by molar-refractivity contribution is 7.80. The van der Waals surface area contributed by atoms with Crippen LogP contribution in [0.4, 0.5) is 0 Å². The Bertz CT molecular complexity index is 454. The van der Waals surface area contributed by atoms with E-state index in [2.05, 4.69) is 11.9 Å². The summed E-state index contributed by atoms with van der Waals surface area (Å²) in [6, 6.07) is 0. The SMILES string of the molecule is CCN1C(=O)/C(=C(C)/C=C2/CCCN2C)OC1=S. The molecule has 4 nitrogen and oxygen atoms in total. The summed E-state index contributed by atoms with van der Waals surface area (Å²) in [6.07, 6.45) is 4.25. The van der Waals surface area contributed by atoms with Crippen molar-refractivity contribution in [3.63, 3.8) is 0 Å². The summed E-state index contributed by atoms with van der Waals surface area (Å²) in [5, 5.41) is 0.259. The second-order valence-electron chi connectivity index (χ2n) is 4.59. The van der Waals surface area contributed by atoms with Crippen LogP contribution in [0.2, 0.25) is 0 Å². The molecular weight excluding hydrogens is 248 g/mol. The number of amides is 1. The average Bonchev–Trinajstić information content (AvgIpc) is 2.84. The third kappa shape index (κ3) is 2.27. The van der Waals surface area contributed by atoms with Gasteiger partial charge >= 0.3 is 0 Å². The van der Waals surface area contributed by atoms with Crippen molar-refractivity contribution in [1.82, 2.24) is 9.80 Å². The molecule has 0 N–H and O–H groups in total. The molecule has 2 aliphatic heterocycles. The van der Waals surface area contributed by atoms with Crippen molar-refractivity contribution in [3.8, 4) is 0 Å². The molecule has 0 aliphatic carbocycles. The molecular formula is C13H18N2O2S. The topological polar surface area (TPSA) is 32.8 Å². The molecule has 2 aliphatic rings. The molecule has 0 aromatic heterocycles. The number of ether oxygens (including phenoxy) is 1. The Kier molecular flexibility index (Phi) is 3.71. The maximum absolute atomic E-state index is 12.1. The van der Waals surface area contributed by atoms with E-state index in [1.54, 1.807) is 0 Å². The predicted octanol–water partition coefficient (Wildman–Crippen LogP) is 2.03. The minimum absolute atomic E-state index is 0.127. The van der Waals surface area contributed by atoms with Crippen LogP contribution < -0.4 is 0 Å². The van der Waals surface area contributed by atoms with Crippen LogP contribution in [0.3, 0.4) is 0 Å². The van der Waals surface area contributed by atoms with E-state index < -0.39 is 0 Å². The van der Waals surface area contributed by atoms with Crippen molar-refractivity contribution in [2.75, 3.05) is 20.1 Å². The van der Waals surface area contributed by atoms with E-state index in [4.69, 9.17) is 17.0 Å². The van der Waals surface area contributed by atoms with Gasteiger partial charge in [0, 0.05) is 25.8 Å². The minimum atomic E-state index is -0.127. The first-order chi connectivity index (χ1) is 8.54. The van der Waals surface area contributed by atoms with Crippen molar-refractivity contribution in [2.45, 2.75) is 26.7 Å². The zero-order chi connectivity index (χ0) is 13.3. The zero-order valence-electron chi connectivity index (χ0n) is 11.0. The second kappa shape index (κ2) is 5.10. The fraction of sp³-hybridized carbons (Fsp3) is 0.538. The molecule has 0 spiro atoms. The Morgan fingerprint density at radius 1 is 1.56 bits per heavy atom. The third-order valence-electron chi connectivity index (χ3n) is 3.32. The number of likely N-dealkylation sites (N-methyl/N-ethyl adjacent to an activating group) is 1. The smallest absolute Gasteiger partial charge is 0.297 e. The van der Waals surface area contributed by atoms with Gasteiger partial charge in [-0.25, -0.2) is 0 Å². The predicted molar refractivity (Wildman–Crippen MR) is 73.7 cm³/mol. The molecule has 2 rings (SSSR count). The average molecular weight is 266 g/mol. The van der Waals surface area contributed by atoms with Gasteiger partial charge in [-0.2, -0.15) is 0 Å². The Labute approximate surface area is 113 Å². The van der Waals surface area contributed by atoms with Crippen LogP contribution in [-0.4, -0.2) is 41.0 Å². The lowest BCUT2D eigenvalue weighted by Crippen LogP contribution is -2.28. The molecule has 2 saturated heterocycles. The van der Waals surface area contributed by atoms with Crippen molar-refractivity contribution in [2.24, 2.45) is 0 Å². The maximum atomic E-state index is 12.1. The number of carbonyl (C=O) groups is 1. The molecule has 0 aromatic rings. The van der Waals surface area contributed by atoms with Crippen molar-refractivity contribution < 1.29 is 9.53 Å². The highest BCUT2D eigenvalue weighted by Gasteiger charge is 2.33. The Balaban J connectivity index is 2.27. The van der Waals surface area contributed by atoms with E-state index in [9.17, 15) is 4.79 Å². The molecule has 2 fully saturated rings. The Morgan fingerprint density at radius 2 is 2.28 bits per heavy atom. The van der Waals surface area contributed by atoms with Crippen molar-refractivity contribution >= 4 is 23.3 Å². The summed E-state index contributed by atoms with van der Waals surface area (Å²) in [6.45, 7) is 5.40. The lowest BCUT2D eigenvalue weighted by molar-refractivity contribution is -0.122. The monoisotopic (exact) mass is 266 g/mol. The number of nitrogens with zero attached hydrogens (tertiary/aromatic N) is 2. The summed E-state index contributed by atoms with van der Waals surface area (Å²) >= 11 is 5.04. The second-order valence-corrected chi connectivity index (χ2v) is 4.94. The minimum Gasteiger partial charge on any atom is -0.425 e. The molecule has 1 amide bonds. The van der Waals surface area contributed by atoms with E-state index >= 15 is 0 Å². The number of rotatable bonds is 2. The van der Waals surface area contributed by atoms with Gasteiger partial charge < -0.3 is 9.64 Å². The van der Waals surface area contributed by atoms with Crippen LogP contribution in [0.1, 0.15) is 26.7 Å². The summed E-state index contributed by atoms with van der Waals surface area (Å²) in [7, 11) is 2.07. The fourth-order valence-corrected chi connectivity index (χ4v) is 2.54. The first kappa shape index (κ1) is 13.1. The summed E-state index contributed by atoms with van der Waals surface area (Å²) in [4.78, 5) is 15.7. The molecule has 0 radical (unpaired) electrons. The standard InChI is InChI=1S/C13H18N2O2S/c1-4-15-12(16)11(17-13(15)18)9(2)8-10-6-5-7-14(10)3/h8H,4-7H2,1-3H3/b10-8-,11-9-. The molecule has 0 atom stereocenters. The quantitative estimate of drug-likeness (QED) is 0.565. The summed E-state index contributed by atoms with van der Waals surface area (Å²) in [5.74, 6) is 0.243. The fourth-order valence-electron chi connectivity index (χ4n) is 2.24. The molecule has 0 unspecified atom stereocenters. The third-order valence-corrected chi connectivity index (χ3v) is 3.63. The van der Waals surface area contributed by atoms with E-state index in [1.165, 1.54) is 17.0 Å². The first-order valence-electron chi connectivity index (χ1n) is 6.20. The molecule has 5 heteroatoms. The summed E-state index contributed by atoms with van der Waals surface area (Å²) < 4.78 is 5.41. The van der Waals surface area contributed by atoms with E-state index in [1.807, 2.05) is 19.9 Å². The number of thiocarbonyl (C=S) groups is 1. The van der Waals surface area contributed by atoms with Gasteiger partial charge in [0.15, 0.2) is 5.76 Å².